The molecule has 108 valence electrons. The molecule has 1 amide bonds. The van der Waals surface area contributed by atoms with E-state index in [2.05, 4.69) is 0 Å². The average Bonchev–Trinajstić information content (AvgIpc) is 2.71. The third-order valence-corrected chi connectivity index (χ3v) is 3.59. The van der Waals surface area contributed by atoms with E-state index in [1.54, 1.807) is 24.2 Å². The number of benzene rings is 1. The molecule has 0 unspecified atom stereocenters. The van der Waals surface area contributed by atoms with Crippen molar-refractivity contribution in [2.24, 2.45) is 7.05 Å². The number of fused-ring (bicyclic) bond motifs is 1. The number of hydrogen-bond acceptors (Lipinski definition) is 3. The lowest BCUT2D eigenvalue weighted by Gasteiger charge is -2.19. The van der Waals surface area contributed by atoms with Gasteiger partial charge in [0.1, 0.15) is 12.4 Å². The van der Waals surface area contributed by atoms with Crippen LogP contribution in [-0.4, -0.2) is 28.5 Å². The van der Waals surface area contributed by atoms with Crippen LogP contribution in [0.25, 0.3) is 0 Å². The number of carbonyl (C=O) groups excluding carboxylic acids is 1. The van der Waals surface area contributed by atoms with Crippen molar-refractivity contribution >= 4 is 5.91 Å². The van der Waals surface area contributed by atoms with Crippen molar-refractivity contribution in [3.8, 4) is 5.75 Å². The highest BCUT2D eigenvalue weighted by Gasteiger charge is 2.21. The van der Waals surface area contributed by atoms with Crippen molar-refractivity contribution in [2.75, 3.05) is 13.2 Å². The summed E-state index contributed by atoms with van der Waals surface area (Å²) in [4.78, 5) is 25.9. The molecule has 0 saturated heterocycles. The van der Waals surface area contributed by atoms with Gasteiger partial charge in [-0.15, -0.1) is 0 Å². The summed E-state index contributed by atoms with van der Waals surface area (Å²) in [5.41, 5.74) is 1.21. The second kappa shape index (κ2) is 5.44. The predicted molar refractivity (Wildman–Crippen MR) is 78.4 cm³/mol. The minimum Gasteiger partial charge on any atom is -0.491 e. The molecular formula is C16H16N2O3. The molecule has 0 saturated carbocycles. The Balaban J connectivity index is 1.88. The van der Waals surface area contributed by atoms with Crippen LogP contribution in [0.4, 0.5) is 0 Å². The first-order valence-electron chi connectivity index (χ1n) is 6.82. The summed E-state index contributed by atoms with van der Waals surface area (Å²) in [6, 6.07) is 10.7. The average molecular weight is 284 g/mol. The number of amides is 1. The monoisotopic (exact) mass is 284 g/mol. The zero-order valence-electron chi connectivity index (χ0n) is 11.8. The van der Waals surface area contributed by atoms with Crippen LogP contribution < -0.4 is 10.3 Å². The molecular weight excluding hydrogens is 268 g/mol. The van der Waals surface area contributed by atoms with Crippen molar-refractivity contribution in [1.82, 2.24) is 9.47 Å². The van der Waals surface area contributed by atoms with Gasteiger partial charge in [0.2, 0.25) is 0 Å². The molecule has 0 aliphatic carbocycles. The maximum atomic E-state index is 12.5. The number of ether oxygens (including phenoxy) is 1. The number of nitrogens with zero attached hydrogens (tertiary/aromatic N) is 2. The van der Waals surface area contributed by atoms with E-state index in [1.807, 2.05) is 24.3 Å². The second-order valence-electron chi connectivity index (χ2n) is 5.05. The summed E-state index contributed by atoms with van der Waals surface area (Å²) in [7, 11) is 1.66. The highest BCUT2D eigenvalue weighted by molar-refractivity contribution is 5.94. The van der Waals surface area contributed by atoms with Crippen LogP contribution in [-0.2, 0) is 13.6 Å². The van der Waals surface area contributed by atoms with Crippen LogP contribution in [0.2, 0.25) is 0 Å². The van der Waals surface area contributed by atoms with Crippen LogP contribution in [0.5, 0.6) is 5.75 Å². The molecule has 1 aromatic heterocycles. The topological polar surface area (TPSA) is 51.5 Å². The molecule has 0 N–H and O–H groups in total. The SMILES string of the molecule is Cn1ccc(C(=O)N2CCOc3ccccc3C2)cc1=O. The van der Waals surface area contributed by atoms with Gasteiger partial charge in [-0.25, -0.2) is 0 Å². The van der Waals surface area contributed by atoms with E-state index in [1.165, 1.54) is 10.6 Å². The predicted octanol–water partition coefficient (Wildman–Crippen LogP) is 1.42. The molecule has 0 spiro atoms. The summed E-state index contributed by atoms with van der Waals surface area (Å²) in [6.07, 6.45) is 1.61. The first-order chi connectivity index (χ1) is 10.1. The number of rotatable bonds is 1. The lowest BCUT2D eigenvalue weighted by Crippen LogP contribution is -2.33. The number of pyridine rings is 1. The highest BCUT2D eigenvalue weighted by Crippen LogP contribution is 2.23. The quantitative estimate of drug-likeness (QED) is 0.796. The van der Waals surface area contributed by atoms with Gasteiger partial charge in [-0.3, -0.25) is 9.59 Å². The molecule has 2 aromatic rings. The smallest absolute Gasteiger partial charge is 0.254 e. The molecule has 0 bridgehead atoms. The zero-order chi connectivity index (χ0) is 14.8. The molecule has 21 heavy (non-hydrogen) atoms. The fourth-order valence-electron chi connectivity index (χ4n) is 2.36. The molecule has 1 aromatic carbocycles. The van der Waals surface area contributed by atoms with Gasteiger partial charge < -0.3 is 14.2 Å². The van der Waals surface area contributed by atoms with Crippen molar-refractivity contribution in [1.29, 1.82) is 0 Å². The lowest BCUT2D eigenvalue weighted by molar-refractivity contribution is 0.0733. The van der Waals surface area contributed by atoms with Gasteiger partial charge in [0, 0.05) is 37.0 Å². The Hall–Kier alpha value is -2.56. The van der Waals surface area contributed by atoms with Crippen LogP contribution in [0.3, 0.4) is 0 Å². The number of para-hydroxylation sites is 1. The Labute approximate surface area is 122 Å². The van der Waals surface area contributed by atoms with Gasteiger partial charge in [-0.1, -0.05) is 18.2 Å². The Morgan fingerprint density at radius 3 is 2.86 bits per heavy atom. The van der Waals surface area contributed by atoms with Crippen molar-refractivity contribution < 1.29 is 9.53 Å². The molecule has 0 radical (unpaired) electrons. The summed E-state index contributed by atoms with van der Waals surface area (Å²) in [5.74, 6) is 0.671. The van der Waals surface area contributed by atoms with Crippen LogP contribution in [0, 0.1) is 0 Å². The van der Waals surface area contributed by atoms with Crippen molar-refractivity contribution in [3.63, 3.8) is 0 Å². The van der Waals surface area contributed by atoms with Gasteiger partial charge in [0.15, 0.2) is 0 Å². The molecule has 2 heterocycles. The number of aryl methyl sites for hydroxylation is 1. The molecule has 5 nitrogen and oxygen atoms in total. The normalized spacial score (nSPS) is 14.0. The largest absolute Gasteiger partial charge is 0.491 e. The molecule has 0 fully saturated rings. The van der Waals surface area contributed by atoms with Crippen LogP contribution in [0.15, 0.2) is 47.4 Å². The summed E-state index contributed by atoms with van der Waals surface area (Å²) >= 11 is 0. The van der Waals surface area contributed by atoms with E-state index < -0.39 is 0 Å². The van der Waals surface area contributed by atoms with Crippen LogP contribution >= 0.6 is 0 Å². The number of aromatic nitrogens is 1. The summed E-state index contributed by atoms with van der Waals surface area (Å²) < 4.78 is 7.09. The Kier molecular flexibility index (Phi) is 3.48. The summed E-state index contributed by atoms with van der Waals surface area (Å²) in [5, 5.41) is 0. The van der Waals surface area contributed by atoms with Gasteiger partial charge in [-0.2, -0.15) is 0 Å². The number of carbonyl (C=O) groups is 1. The first-order valence-corrected chi connectivity index (χ1v) is 6.82. The molecule has 0 atom stereocenters. The maximum Gasteiger partial charge on any atom is 0.254 e. The van der Waals surface area contributed by atoms with Gasteiger partial charge in [0.25, 0.3) is 11.5 Å². The maximum absolute atomic E-state index is 12.5. The highest BCUT2D eigenvalue weighted by atomic mass is 16.5. The van der Waals surface area contributed by atoms with Gasteiger partial charge in [0.05, 0.1) is 6.54 Å². The Morgan fingerprint density at radius 2 is 2.05 bits per heavy atom. The van der Waals surface area contributed by atoms with Gasteiger partial charge >= 0.3 is 0 Å². The zero-order valence-corrected chi connectivity index (χ0v) is 11.8. The Morgan fingerprint density at radius 1 is 1.24 bits per heavy atom. The molecule has 1 aliphatic rings. The second-order valence-corrected chi connectivity index (χ2v) is 5.05. The first kappa shape index (κ1) is 13.4. The Bertz CT molecular complexity index is 736. The number of hydrogen-bond donors (Lipinski definition) is 0. The lowest BCUT2D eigenvalue weighted by atomic mass is 10.1. The van der Waals surface area contributed by atoms with E-state index in [0.717, 1.165) is 11.3 Å². The van der Waals surface area contributed by atoms with Crippen LogP contribution in [0.1, 0.15) is 15.9 Å². The molecule has 1 aliphatic heterocycles. The summed E-state index contributed by atoms with van der Waals surface area (Å²) in [6.45, 7) is 1.44. The van der Waals surface area contributed by atoms with Crippen molar-refractivity contribution in [3.05, 3.63) is 64.1 Å². The van der Waals surface area contributed by atoms with E-state index in [9.17, 15) is 9.59 Å². The van der Waals surface area contributed by atoms with Gasteiger partial charge in [-0.05, 0) is 12.1 Å². The molecule has 3 rings (SSSR count). The minimum atomic E-state index is -0.188. The van der Waals surface area contributed by atoms with Crippen molar-refractivity contribution in [2.45, 2.75) is 6.54 Å². The van der Waals surface area contributed by atoms with E-state index in [0.29, 0.717) is 25.3 Å². The minimum absolute atomic E-state index is 0.145. The standard InChI is InChI=1S/C16H16N2O3/c1-17-7-6-12(10-15(17)19)16(20)18-8-9-21-14-5-3-2-4-13(14)11-18/h2-7,10H,8-9,11H2,1H3. The molecule has 5 heteroatoms. The fourth-order valence-corrected chi connectivity index (χ4v) is 2.36. The van der Waals surface area contributed by atoms with E-state index in [-0.39, 0.29) is 11.5 Å². The third-order valence-electron chi connectivity index (χ3n) is 3.59. The fraction of sp³-hybridized carbons (Fsp3) is 0.250. The van der Waals surface area contributed by atoms with E-state index >= 15 is 0 Å². The third kappa shape index (κ3) is 2.67. The van der Waals surface area contributed by atoms with E-state index in [4.69, 9.17) is 4.74 Å².